The van der Waals surface area contributed by atoms with Gasteiger partial charge >= 0.3 is 5.97 Å². The SMILES string of the molecule is Cc1nc(-c2cccc(N(C=O)CCC(=O)Nc3nc(C)c(C(=O)O)s3)c2F)no1. The van der Waals surface area contributed by atoms with Crippen LogP contribution in [0.1, 0.15) is 27.7 Å². The lowest BCUT2D eigenvalue weighted by Gasteiger charge is -2.18. The minimum Gasteiger partial charge on any atom is -0.477 e. The Morgan fingerprint density at radius 2 is 2.10 bits per heavy atom. The highest BCUT2D eigenvalue weighted by molar-refractivity contribution is 7.17. The molecule has 10 nitrogen and oxygen atoms in total. The summed E-state index contributed by atoms with van der Waals surface area (Å²) in [5.41, 5.74) is 0.295. The molecule has 0 saturated carbocycles. The molecular weight excluding hydrogens is 417 g/mol. The number of hydrogen-bond acceptors (Lipinski definition) is 8. The predicted molar refractivity (Wildman–Crippen MR) is 105 cm³/mol. The van der Waals surface area contributed by atoms with Gasteiger partial charge in [-0.3, -0.25) is 9.59 Å². The topological polar surface area (TPSA) is 139 Å². The molecule has 0 spiro atoms. The van der Waals surface area contributed by atoms with E-state index >= 15 is 0 Å². The first-order valence-electron chi connectivity index (χ1n) is 8.62. The molecule has 1 aromatic carbocycles. The van der Waals surface area contributed by atoms with Crippen molar-refractivity contribution in [2.75, 3.05) is 16.8 Å². The van der Waals surface area contributed by atoms with Crippen LogP contribution in [0, 0.1) is 19.7 Å². The number of thiazole rings is 1. The lowest BCUT2D eigenvalue weighted by Crippen LogP contribution is -2.27. The normalized spacial score (nSPS) is 10.6. The second-order valence-corrected chi connectivity index (χ2v) is 7.11. The number of nitrogens with one attached hydrogen (secondary N) is 1. The van der Waals surface area contributed by atoms with Gasteiger partial charge in [-0.05, 0) is 19.1 Å². The van der Waals surface area contributed by atoms with Gasteiger partial charge in [-0.1, -0.05) is 22.6 Å². The van der Waals surface area contributed by atoms with E-state index in [9.17, 15) is 18.8 Å². The Morgan fingerprint density at radius 1 is 1.33 bits per heavy atom. The van der Waals surface area contributed by atoms with Crippen molar-refractivity contribution in [2.45, 2.75) is 20.3 Å². The molecule has 0 unspecified atom stereocenters. The number of amides is 2. The molecule has 12 heteroatoms. The number of benzene rings is 1. The predicted octanol–water partition coefficient (Wildman–Crippen LogP) is 2.64. The molecule has 2 heterocycles. The largest absolute Gasteiger partial charge is 0.477 e. The van der Waals surface area contributed by atoms with Crippen molar-refractivity contribution in [2.24, 2.45) is 0 Å². The van der Waals surface area contributed by atoms with Crippen LogP contribution in [-0.2, 0) is 9.59 Å². The van der Waals surface area contributed by atoms with Gasteiger partial charge in [0.15, 0.2) is 10.9 Å². The van der Waals surface area contributed by atoms with Crippen molar-refractivity contribution in [3.8, 4) is 11.4 Å². The average Bonchev–Trinajstić information content (AvgIpc) is 3.28. The number of hydrogen-bond donors (Lipinski definition) is 2. The molecule has 3 aromatic rings. The quantitative estimate of drug-likeness (QED) is 0.517. The fourth-order valence-corrected chi connectivity index (χ4v) is 3.43. The van der Waals surface area contributed by atoms with E-state index in [2.05, 4.69) is 20.4 Å². The monoisotopic (exact) mass is 433 g/mol. The highest BCUT2D eigenvalue weighted by Crippen LogP contribution is 2.28. The van der Waals surface area contributed by atoms with Gasteiger partial charge in [-0.25, -0.2) is 14.2 Å². The molecule has 2 aromatic heterocycles. The maximum absolute atomic E-state index is 14.9. The highest BCUT2D eigenvalue weighted by atomic mass is 32.1. The van der Waals surface area contributed by atoms with Crippen LogP contribution in [0.2, 0.25) is 0 Å². The third-order valence-corrected chi connectivity index (χ3v) is 5.06. The van der Waals surface area contributed by atoms with Crippen molar-refractivity contribution in [1.29, 1.82) is 0 Å². The van der Waals surface area contributed by atoms with Crippen molar-refractivity contribution in [3.63, 3.8) is 0 Å². The molecule has 0 radical (unpaired) electrons. The molecular formula is C18H16FN5O5S. The zero-order chi connectivity index (χ0) is 21.8. The maximum Gasteiger partial charge on any atom is 0.347 e. The molecule has 2 amide bonds. The second-order valence-electron chi connectivity index (χ2n) is 6.11. The van der Waals surface area contributed by atoms with Gasteiger partial charge in [0.05, 0.1) is 16.9 Å². The Kier molecular flexibility index (Phi) is 6.16. The van der Waals surface area contributed by atoms with Gasteiger partial charge in [0, 0.05) is 19.9 Å². The molecule has 156 valence electrons. The van der Waals surface area contributed by atoms with E-state index in [-0.39, 0.29) is 51.6 Å². The molecule has 0 atom stereocenters. The molecule has 0 fully saturated rings. The van der Waals surface area contributed by atoms with Crippen LogP contribution in [-0.4, -0.2) is 45.1 Å². The summed E-state index contributed by atoms with van der Waals surface area (Å²) in [7, 11) is 0. The molecule has 0 aliphatic rings. The van der Waals surface area contributed by atoms with Gasteiger partial charge in [0.1, 0.15) is 4.88 Å². The standard InChI is InChI=1S/C18H16FN5O5S/c1-9-15(17(27)28)30-18(20-9)22-13(26)6-7-24(8-25)12-5-3-4-11(14(12)19)16-21-10(2)29-23-16/h3-5,8H,6-7H2,1-2H3,(H,27,28)(H,20,22,26). The zero-order valence-corrected chi connectivity index (χ0v) is 16.7. The number of halogens is 1. The average molecular weight is 433 g/mol. The Morgan fingerprint density at radius 3 is 2.70 bits per heavy atom. The maximum atomic E-state index is 14.9. The van der Waals surface area contributed by atoms with E-state index in [1.54, 1.807) is 6.92 Å². The third kappa shape index (κ3) is 4.49. The zero-order valence-electron chi connectivity index (χ0n) is 15.9. The first-order chi connectivity index (χ1) is 14.3. The summed E-state index contributed by atoms with van der Waals surface area (Å²) < 4.78 is 19.8. The van der Waals surface area contributed by atoms with Crippen molar-refractivity contribution in [3.05, 3.63) is 40.5 Å². The number of carbonyl (C=O) groups excluding carboxylic acids is 2. The molecule has 0 aliphatic heterocycles. The number of carboxylic acid groups (broad SMARTS) is 1. The summed E-state index contributed by atoms with van der Waals surface area (Å²) >= 11 is 0.828. The molecule has 0 saturated heterocycles. The minimum atomic E-state index is -1.13. The Hall–Kier alpha value is -3.67. The van der Waals surface area contributed by atoms with Crippen molar-refractivity contribution in [1.82, 2.24) is 15.1 Å². The number of aromatic nitrogens is 3. The Labute approximate surface area is 173 Å². The van der Waals surface area contributed by atoms with Crippen LogP contribution >= 0.6 is 11.3 Å². The van der Waals surface area contributed by atoms with Crippen LogP contribution < -0.4 is 10.2 Å². The van der Waals surface area contributed by atoms with Gasteiger partial charge < -0.3 is 19.8 Å². The lowest BCUT2D eigenvalue weighted by molar-refractivity contribution is -0.116. The molecule has 2 N–H and O–H groups in total. The number of nitrogens with zero attached hydrogens (tertiary/aromatic N) is 4. The number of carboxylic acids is 1. The highest BCUT2D eigenvalue weighted by Gasteiger charge is 2.20. The van der Waals surface area contributed by atoms with Crippen LogP contribution in [0.4, 0.5) is 15.2 Å². The number of aryl methyl sites for hydroxylation is 2. The van der Waals surface area contributed by atoms with E-state index in [0.29, 0.717) is 6.41 Å². The van der Waals surface area contributed by atoms with E-state index in [1.165, 1.54) is 25.1 Å². The fourth-order valence-electron chi connectivity index (χ4n) is 2.60. The fraction of sp³-hybridized carbons (Fsp3) is 0.222. The molecule has 0 aliphatic carbocycles. The van der Waals surface area contributed by atoms with Gasteiger partial charge in [0.2, 0.25) is 24.0 Å². The molecule has 0 bridgehead atoms. The molecule has 30 heavy (non-hydrogen) atoms. The van der Waals surface area contributed by atoms with Crippen LogP contribution in [0.3, 0.4) is 0 Å². The van der Waals surface area contributed by atoms with E-state index in [1.807, 2.05) is 0 Å². The van der Waals surface area contributed by atoms with Crippen LogP contribution in [0.25, 0.3) is 11.4 Å². The van der Waals surface area contributed by atoms with E-state index < -0.39 is 17.7 Å². The molecule has 3 rings (SSSR count). The van der Waals surface area contributed by atoms with Gasteiger partial charge in [-0.15, -0.1) is 0 Å². The van der Waals surface area contributed by atoms with Gasteiger partial charge in [-0.2, -0.15) is 4.98 Å². The second kappa shape index (κ2) is 8.78. The van der Waals surface area contributed by atoms with Gasteiger partial charge in [0.25, 0.3) is 0 Å². The summed E-state index contributed by atoms with van der Waals surface area (Å²) in [6.07, 6.45) is 0.248. The number of aromatic carboxylic acids is 1. The van der Waals surface area contributed by atoms with Crippen LogP contribution in [0.15, 0.2) is 22.7 Å². The number of rotatable bonds is 8. The van der Waals surface area contributed by atoms with E-state index in [4.69, 9.17) is 9.63 Å². The number of carbonyl (C=O) groups is 3. The van der Waals surface area contributed by atoms with Crippen molar-refractivity contribution < 1.29 is 28.4 Å². The minimum absolute atomic E-state index is 0.0235. The summed E-state index contributed by atoms with van der Waals surface area (Å²) in [6, 6.07) is 4.37. The summed E-state index contributed by atoms with van der Waals surface area (Å²) in [6.45, 7) is 2.97. The Balaban J connectivity index is 1.70. The summed E-state index contributed by atoms with van der Waals surface area (Å²) in [4.78, 5) is 43.8. The first kappa shape index (κ1) is 21.0. The van der Waals surface area contributed by atoms with Crippen LogP contribution in [0.5, 0.6) is 0 Å². The smallest absolute Gasteiger partial charge is 0.347 e. The number of anilines is 2. The Bertz CT molecular complexity index is 1110. The van der Waals surface area contributed by atoms with E-state index in [0.717, 1.165) is 16.2 Å². The summed E-state index contributed by atoms with van der Waals surface area (Å²) in [5, 5.41) is 15.3. The lowest BCUT2D eigenvalue weighted by atomic mass is 10.1. The summed E-state index contributed by atoms with van der Waals surface area (Å²) in [5.74, 6) is -2.05. The third-order valence-electron chi connectivity index (χ3n) is 4.00. The van der Waals surface area contributed by atoms with Crippen molar-refractivity contribution >= 4 is 40.4 Å². The first-order valence-corrected chi connectivity index (χ1v) is 9.43.